The minimum atomic E-state index is 0.539. The predicted molar refractivity (Wildman–Crippen MR) is 271 cm³/mol. The highest BCUT2D eigenvalue weighted by Gasteiger charge is 2.40. The van der Waals surface area contributed by atoms with Crippen LogP contribution in [0.15, 0.2) is 231 Å². The zero-order valence-electron chi connectivity index (χ0n) is 35.8. The smallest absolute Gasteiger partial charge is 0.0463 e. The fraction of sp³-hybridized carbons (Fsp3) is 0.0968. The third-order valence-corrected chi connectivity index (χ3v) is 13.9. The molecule has 10 aromatic carbocycles. The molecule has 2 unspecified atom stereocenters. The highest BCUT2D eigenvalue weighted by molar-refractivity contribution is 6.21. The van der Waals surface area contributed by atoms with Gasteiger partial charge < -0.3 is 9.80 Å². The van der Waals surface area contributed by atoms with Gasteiger partial charge in [-0.15, -0.1) is 0 Å². The van der Waals surface area contributed by atoms with Crippen LogP contribution in [0.3, 0.4) is 0 Å². The standard InChI is InChI=1S/C62H48N2/c1-3-15-43(16-4-1)44-27-31-47(32-28-44)61-55-21-7-9-23-57(55)62(58-24-10-8-22-56(58)61)48-33-29-45(30-34-48)46-35-37-50(38-36-46)63(49-17-5-2-6-18-49)51-39-41-52(42-40-51)64-59-25-13-11-19-53(59)54-20-12-14-26-60(54)64/h1-11,13,15-19,21-25,27-42,54,60H,12,14,20,26H2. The average Bonchev–Trinajstić information content (AvgIpc) is 3.71. The van der Waals surface area contributed by atoms with Gasteiger partial charge in [0.1, 0.15) is 0 Å². The maximum Gasteiger partial charge on any atom is 0.0463 e. The van der Waals surface area contributed by atoms with Crippen molar-refractivity contribution in [1.82, 2.24) is 0 Å². The molecule has 306 valence electrons. The summed E-state index contributed by atoms with van der Waals surface area (Å²) in [5.74, 6) is 0.626. The van der Waals surface area contributed by atoms with Crippen molar-refractivity contribution in [3.05, 3.63) is 236 Å². The topological polar surface area (TPSA) is 6.48 Å². The number of fused-ring (bicyclic) bond motifs is 5. The second-order valence-electron chi connectivity index (χ2n) is 17.5. The molecule has 0 spiro atoms. The summed E-state index contributed by atoms with van der Waals surface area (Å²) in [6, 6.07) is 85.4. The van der Waals surface area contributed by atoms with Crippen LogP contribution in [0.25, 0.3) is 66.1 Å². The van der Waals surface area contributed by atoms with Crippen LogP contribution in [0.2, 0.25) is 0 Å². The number of hydrogen-bond acceptors (Lipinski definition) is 2. The normalized spacial score (nSPS) is 15.5. The van der Waals surface area contributed by atoms with E-state index in [0.29, 0.717) is 12.0 Å². The van der Waals surface area contributed by atoms with Crippen LogP contribution in [0, 0.1) is 0 Å². The lowest BCUT2D eigenvalue weighted by molar-refractivity contribution is 0.402. The summed E-state index contributed by atoms with van der Waals surface area (Å²) in [6.07, 6.45) is 5.17. The molecule has 1 aliphatic carbocycles. The summed E-state index contributed by atoms with van der Waals surface area (Å²) in [4.78, 5) is 5.00. The van der Waals surface area contributed by atoms with Gasteiger partial charge in [-0.25, -0.2) is 0 Å². The SMILES string of the molecule is c1ccc(-c2ccc(-c3c4ccccc4c(-c4ccc(-c5ccc(N(c6ccccc6)c6ccc(N7c8ccccc8C8CCCCC87)cc6)cc5)cc4)c4ccccc34)cc2)cc1. The van der Waals surface area contributed by atoms with Gasteiger partial charge in [0.15, 0.2) is 0 Å². The van der Waals surface area contributed by atoms with E-state index in [4.69, 9.17) is 0 Å². The Labute approximate surface area is 376 Å². The van der Waals surface area contributed by atoms with E-state index in [9.17, 15) is 0 Å². The molecule has 2 nitrogen and oxygen atoms in total. The van der Waals surface area contributed by atoms with Crippen LogP contribution in [0.1, 0.15) is 37.2 Å². The molecule has 2 atom stereocenters. The number of anilines is 5. The van der Waals surface area contributed by atoms with Crippen molar-refractivity contribution in [1.29, 1.82) is 0 Å². The van der Waals surface area contributed by atoms with Crippen LogP contribution >= 0.6 is 0 Å². The van der Waals surface area contributed by atoms with Crippen molar-refractivity contribution in [3.63, 3.8) is 0 Å². The van der Waals surface area contributed by atoms with Crippen molar-refractivity contribution in [3.8, 4) is 44.5 Å². The van der Waals surface area contributed by atoms with Gasteiger partial charge in [0.2, 0.25) is 0 Å². The van der Waals surface area contributed by atoms with Crippen LogP contribution in [-0.2, 0) is 0 Å². The van der Waals surface area contributed by atoms with E-state index < -0.39 is 0 Å². The first-order valence-electron chi connectivity index (χ1n) is 22.9. The van der Waals surface area contributed by atoms with Crippen LogP contribution < -0.4 is 9.80 Å². The lowest BCUT2D eigenvalue weighted by Crippen LogP contribution is -2.32. The summed E-state index contributed by atoms with van der Waals surface area (Å²) >= 11 is 0. The highest BCUT2D eigenvalue weighted by Crippen LogP contribution is 2.51. The first kappa shape index (κ1) is 38.0. The number of nitrogens with zero attached hydrogens (tertiary/aromatic N) is 2. The molecule has 0 amide bonds. The summed E-state index contributed by atoms with van der Waals surface area (Å²) in [5, 5.41) is 5.05. The van der Waals surface area contributed by atoms with Crippen molar-refractivity contribution < 1.29 is 0 Å². The zero-order chi connectivity index (χ0) is 42.4. The molecule has 0 bridgehead atoms. The largest absolute Gasteiger partial charge is 0.338 e. The molecule has 1 heterocycles. The molecule has 12 rings (SSSR count). The number of para-hydroxylation sites is 2. The zero-order valence-corrected chi connectivity index (χ0v) is 35.8. The van der Waals surface area contributed by atoms with Crippen molar-refractivity contribution in [2.75, 3.05) is 9.80 Å². The van der Waals surface area contributed by atoms with Gasteiger partial charge in [-0.3, -0.25) is 0 Å². The van der Waals surface area contributed by atoms with Gasteiger partial charge >= 0.3 is 0 Å². The Kier molecular flexibility index (Phi) is 9.64. The number of rotatable bonds is 8. The monoisotopic (exact) mass is 820 g/mol. The number of hydrogen-bond donors (Lipinski definition) is 0. The number of benzene rings is 10. The summed E-state index contributed by atoms with van der Waals surface area (Å²) in [6.45, 7) is 0. The molecular formula is C62H48N2. The van der Waals surface area contributed by atoms with Crippen molar-refractivity contribution in [2.45, 2.75) is 37.6 Å². The van der Waals surface area contributed by atoms with Gasteiger partial charge in [-0.1, -0.05) is 189 Å². The Morgan fingerprint density at radius 1 is 0.328 bits per heavy atom. The lowest BCUT2D eigenvalue weighted by Gasteiger charge is -2.34. The Morgan fingerprint density at radius 3 is 1.27 bits per heavy atom. The second kappa shape index (κ2) is 16.2. The van der Waals surface area contributed by atoms with Crippen molar-refractivity contribution >= 4 is 50.0 Å². The molecule has 0 aromatic heterocycles. The summed E-state index contributed by atoms with van der Waals surface area (Å²) < 4.78 is 0. The van der Waals surface area contributed by atoms with E-state index >= 15 is 0 Å². The molecule has 0 radical (unpaired) electrons. The van der Waals surface area contributed by atoms with Gasteiger partial charge in [0.25, 0.3) is 0 Å². The van der Waals surface area contributed by atoms with Gasteiger partial charge in [-0.2, -0.15) is 0 Å². The third-order valence-electron chi connectivity index (χ3n) is 13.9. The van der Waals surface area contributed by atoms with Gasteiger partial charge in [0.05, 0.1) is 0 Å². The minimum absolute atomic E-state index is 0.539. The van der Waals surface area contributed by atoms with E-state index in [0.717, 1.165) is 17.1 Å². The third kappa shape index (κ3) is 6.66. The van der Waals surface area contributed by atoms with Gasteiger partial charge in [0, 0.05) is 40.4 Å². The van der Waals surface area contributed by atoms with Crippen molar-refractivity contribution in [2.24, 2.45) is 0 Å². The van der Waals surface area contributed by atoms with Crippen LogP contribution in [0.5, 0.6) is 0 Å². The molecular weight excluding hydrogens is 773 g/mol. The Morgan fingerprint density at radius 2 is 0.719 bits per heavy atom. The molecule has 10 aromatic rings. The first-order valence-corrected chi connectivity index (χ1v) is 22.9. The fourth-order valence-corrected chi connectivity index (χ4v) is 10.9. The Hall–Kier alpha value is -7.68. The molecule has 0 saturated heterocycles. The van der Waals surface area contributed by atoms with E-state index in [-0.39, 0.29) is 0 Å². The molecule has 64 heavy (non-hydrogen) atoms. The molecule has 1 fully saturated rings. The van der Waals surface area contributed by atoms with E-state index in [1.807, 2.05) is 0 Å². The quantitative estimate of drug-likeness (QED) is 0.141. The van der Waals surface area contributed by atoms with E-state index in [2.05, 4.69) is 240 Å². The van der Waals surface area contributed by atoms with Crippen LogP contribution in [-0.4, -0.2) is 6.04 Å². The van der Waals surface area contributed by atoms with Gasteiger partial charge in [-0.05, 0) is 139 Å². The fourth-order valence-electron chi connectivity index (χ4n) is 10.9. The molecule has 0 N–H and O–H groups in total. The summed E-state index contributed by atoms with van der Waals surface area (Å²) in [7, 11) is 0. The maximum atomic E-state index is 2.63. The van der Waals surface area contributed by atoms with E-state index in [1.165, 1.54) is 109 Å². The second-order valence-corrected chi connectivity index (χ2v) is 17.5. The molecule has 1 saturated carbocycles. The minimum Gasteiger partial charge on any atom is -0.338 e. The first-order chi connectivity index (χ1) is 31.8. The van der Waals surface area contributed by atoms with Crippen LogP contribution in [0.4, 0.5) is 28.4 Å². The molecule has 2 aliphatic rings. The van der Waals surface area contributed by atoms with E-state index in [1.54, 1.807) is 0 Å². The average molecular weight is 821 g/mol. The molecule has 2 heteroatoms. The Balaban J connectivity index is 0.859. The predicted octanol–water partition coefficient (Wildman–Crippen LogP) is 17.3. The lowest BCUT2D eigenvalue weighted by atomic mass is 9.82. The summed E-state index contributed by atoms with van der Waals surface area (Å²) in [5.41, 5.74) is 17.4. The Bertz CT molecular complexity index is 3190. The highest BCUT2D eigenvalue weighted by atomic mass is 15.2. The maximum absolute atomic E-state index is 2.63. The molecule has 1 aliphatic heterocycles.